The summed E-state index contributed by atoms with van der Waals surface area (Å²) in [5.74, 6) is 0.864. The molecule has 0 heterocycles. The number of aliphatic carboxylic acids is 1. The first-order chi connectivity index (χ1) is 11.3. The maximum atomic E-state index is 10.6. The van der Waals surface area contributed by atoms with E-state index >= 15 is 0 Å². The first-order valence-electron chi connectivity index (χ1n) is 8.41. The van der Waals surface area contributed by atoms with Crippen molar-refractivity contribution in [2.24, 2.45) is 0 Å². The summed E-state index contributed by atoms with van der Waals surface area (Å²) >= 11 is 0. The van der Waals surface area contributed by atoms with Gasteiger partial charge in [0.25, 0.3) is 0 Å². The van der Waals surface area contributed by atoms with Crippen LogP contribution in [0.1, 0.15) is 50.8 Å². The largest absolute Gasteiger partial charge is 0.481 e. The molecular weight excluding hydrogens is 300 g/mol. The van der Waals surface area contributed by atoms with E-state index in [1.54, 1.807) is 0 Å². The minimum atomic E-state index is -0.777. The van der Waals surface area contributed by atoms with Gasteiger partial charge in [0.2, 0.25) is 0 Å². The van der Waals surface area contributed by atoms with Crippen LogP contribution in [0.2, 0.25) is 0 Å². The maximum absolute atomic E-state index is 10.6. The molecule has 0 unspecified atom stereocenters. The highest BCUT2D eigenvalue weighted by Crippen LogP contribution is 2.35. The summed E-state index contributed by atoms with van der Waals surface area (Å²) in [6.07, 6.45) is 1.68. The van der Waals surface area contributed by atoms with Crippen LogP contribution in [0, 0.1) is 0 Å². The van der Waals surface area contributed by atoms with Crippen molar-refractivity contribution in [3.8, 4) is 11.5 Å². The van der Waals surface area contributed by atoms with Crippen LogP contribution in [-0.4, -0.2) is 11.1 Å². The molecule has 0 fully saturated rings. The molecule has 0 saturated carbocycles. The van der Waals surface area contributed by atoms with Gasteiger partial charge in [-0.3, -0.25) is 4.79 Å². The van der Waals surface area contributed by atoms with Gasteiger partial charge in [0, 0.05) is 12.0 Å². The fraction of sp³-hybridized carbons (Fsp3) is 0.381. The van der Waals surface area contributed by atoms with Crippen molar-refractivity contribution in [3.05, 3.63) is 59.2 Å². The van der Waals surface area contributed by atoms with Crippen LogP contribution in [0.3, 0.4) is 0 Å². The third-order valence-electron chi connectivity index (χ3n) is 4.04. The summed E-state index contributed by atoms with van der Waals surface area (Å²) in [7, 11) is 0. The van der Waals surface area contributed by atoms with Crippen molar-refractivity contribution in [2.75, 3.05) is 0 Å². The second kappa shape index (κ2) is 7.52. The van der Waals surface area contributed by atoms with Crippen molar-refractivity contribution in [2.45, 2.75) is 52.4 Å². The Morgan fingerprint density at radius 3 is 2.21 bits per heavy atom. The minimum absolute atomic E-state index is 0.00193. The summed E-state index contributed by atoms with van der Waals surface area (Å²) in [5.41, 5.74) is 3.50. The molecule has 0 aliphatic carbocycles. The van der Waals surface area contributed by atoms with E-state index in [0.717, 1.165) is 23.5 Å². The molecule has 0 aromatic heterocycles. The number of ether oxygens (including phenoxy) is 1. The Morgan fingerprint density at radius 1 is 1.04 bits per heavy atom. The Kier molecular flexibility index (Phi) is 5.66. The van der Waals surface area contributed by atoms with Crippen LogP contribution < -0.4 is 4.74 Å². The Hall–Kier alpha value is -2.29. The van der Waals surface area contributed by atoms with Crippen LogP contribution in [0.15, 0.2) is 42.5 Å². The Labute approximate surface area is 144 Å². The lowest BCUT2D eigenvalue weighted by Gasteiger charge is -2.23. The van der Waals surface area contributed by atoms with E-state index in [1.165, 1.54) is 11.1 Å². The number of hydrogen-bond acceptors (Lipinski definition) is 2. The Morgan fingerprint density at radius 2 is 1.67 bits per heavy atom. The van der Waals surface area contributed by atoms with Crippen LogP contribution in [0.25, 0.3) is 0 Å². The van der Waals surface area contributed by atoms with Crippen molar-refractivity contribution in [1.82, 2.24) is 0 Å². The lowest BCUT2D eigenvalue weighted by atomic mass is 9.85. The molecule has 0 aliphatic heterocycles. The predicted molar refractivity (Wildman–Crippen MR) is 97.0 cm³/mol. The number of hydrogen-bond donors (Lipinski definition) is 1. The lowest BCUT2D eigenvalue weighted by molar-refractivity contribution is -0.136. The molecule has 2 aromatic rings. The molecule has 2 rings (SSSR count). The third kappa shape index (κ3) is 4.85. The first-order valence-corrected chi connectivity index (χ1v) is 8.41. The SMILES string of the molecule is CCc1ccc(Oc2ccc(CCC(=O)O)cc2)c(C(C)(C)C)c1. The van der Waals surface area contributed by atoms with Gasteiger partial charge in [-0.15, -0.1) is 0 Å². The highest BCUT2D eigenvalue weighted by Gasteiger charge is 2.20. The smallest absolute Gasteiger partial charge is 0.303 e. The standard InChI is InChI=1S/C21H26O3/c1-5-15-8-12-19(18(14-15)21(2,3)4)24-17-10-6-16(7-11-17)9-13-20(22)23/h6-8,10-12,14H,5,9,13H2,1-4H3,(H,22,23). The molecule has 3 heteroatoms. The summed E-state index contributed by atoms with van der Waals surface area (Å²) in [5, 5.41) is 8.75. The number of rotatable bonds is 6. The Bertz CT molecular complexity index is 694. The zero-order chi connectivity index (χ0) is 17.7. The summed E-state index contributed by atoms with van der Waals surface area (Å²) in [4.78, 5) is 10.6. The lowest BCUT2D eigenvalue weighted by Crippen LogP contribution is -2.13. The van der Waals surface area contributed by atoms with Crippen molar-refractivity contribution < 1.29 is 14.6 Å². The molecule has 0 atom stereocenters. The summed E-state index contributed by atoms with van der Waals surface area (Å²) < 4.78 is 6.10. The van der Waals surface area contributed by atoms with E-state index in [1.807, 2.05) is 30.3 Å². The average Bonchev–Trinajstić information content (AvgIpc) is 2.53. The molecule has 128 valence electrons. The number of carbonyl (C=O) groups is 1. The van der Waals surface area contributed by atoms with E-state index in [2.05, 4.69) is 39.8 Å². The predicted octanol–water partition coefficient (Wildman–Crippen LogP) is 5.36. The maximum Gasteiger partial charge on any atom is 0.303 e. The van der Waals surface area contributed by atoms with Crippen LogP contribution >= 0.6 is 0 Å². The molecule has 0 radical (unpaired) electrons. The van der Waals surface area contributed by atoms with Gasteiger partial charge in [-0.1, -0.05) is 52.0 Å². The third-order valence-corrected chi connectivity index (χ3v) is 4.04. The monoisotopic (exact) mass is 326 g/mol. The number of benzene rings is 2. The van der Waals surface area contributed by atoms with Gasteiger partial charge < -0.3 is 9.84 Å². The van der Waals surface area contributed by atoms with E-state index in [-0.39, 0.29) is 11.8 Å². The van der Waals surface area contributed by atoms with Crippen LogP contribution in [-0.2, 0) is 23.1 Å². The van der Waals surface area contributed by atoms with E-state index in [4.69, 9.17) is 9.84 Å². The van der Waals surface area contributed by atoms with Gasteiger partial charge >= 0.3 is 5.97 Å². The molecule has 0 spiro atoms. The topological polar surface area (TPSA) is 46.5 Å². The number of carboxylic acids is 1. The number of aryl methyl sites for hydroxylation is 2. The highest BCUT2D eigenvalue weighted by molar-refractivity contribution is 5.67. The van der Waals surface area contributed by atoms with E-state index in [9.17, 15) is 4.79 Å². The minimum Gasteiger partial charge on any atom is -0.481 e. The van der Waals surface area contributed by atoms with Gasteiger partial charge in [-0.25, -0.2) is 0 Å². The Balaban J connectivity index is 2.20. The molecule has 0 saturated heterocycles. The van der Waals surface area contributed by atoms with E-state index < -0.39 is 5.97 Å². The van der Waals surface area contributed by atoms with Gasteiger partial charge in [-0.05, 0) is 47.6 Å². The summed E-state index contributed by atoms with van der Waals surface area (Å²) in [6, 6.07) is 14.0. The van der Waals surface area contributed by atoms with Gasteiger partial charge in [0.05, 0.1) is 0 Å². The zero-order valence-electron chi connectivity index (χ0n) is 14.9. The molecular formula is C21H26O3. The van der Waals surface area contributed by atoms with Gasteiger partial charge in [0.1, 0.15) is 11.5 Å². The fourth-order valence-corrected chi connectivity index (χ4v) is 2.57. The second-order valence-corrected chi connectivity index (χ2v) is 7.07. The van der Waals surface area contributed by atoms with Crippen molar-refractivity contribution in [1.29, 1.82) is 0 Å². The number of carboxylic acid groups (broad SMARTS) is 1. The molecule has 0 amide bonds. The molecule has 2 aromatic carbocycles. The van der Waals surface area contributed by atoms with Crippen LogP contribution in [0.5, 0.6) is 11.5 Å². The van der Waals surface area contributed by atoms with Gasteiger partial charge in [0.15, 0.2) is 0 Å². The zero-order valence-corrected chi connectivity index (χ0v) is 14.9. The second-order valence-electron chi connectivity index (χ2n) is 7.07. The molecule has 24 heavy (non-hydrogen) atoms. The normalized spacial score (nSPS) is 11.3. The average molecular weight is 326 g/mol. The van der Waals surface area contributed by atoms with Gasteiger partial charge in [-0.2, -0.15) is 0 Å². The highest BCUT2D eigenvalue weighted by atomic mass is 16.5. The molecule has 0 bridgehead atoms. The molecule has 1 N–H and O–H groups in total. The summed E-state index contributed by atoms with van der Waals surface area (Å²) in [6.45, 7) is 8.70. The fourth-order valence-electron chi connectivity index (χ4n) is 2.57. The quantitative estimate of drug-likeness (QED) is 0.777. The molecule has 3 nitrogen and oxygen atoms in total. The van der Waals surface area contributed by atoms with Crippen molar-refractivity contribution >= 4 is 5.97 Å². The van der Waals surface area contributed by atoms with Crippen molar-refractivity contribution in [3.63, 3.8) is 0 Å². The van der Waals surface area contributed by atoms with Crippen LogP contribution in [0.4, 0.5) is 0 Å². The molecule has 0 aliphatic rings. The van der Waals surface area contributed by atoms with E-state index in [0.29, 0.717) is 6.42 Å². The first kappa shape index (κ1) is 18.1.